The molecule has 0 aromatic rings. The van der Waals surface area contributed by atoms with Gasteiger partial charge in [-0.05, 0) is 34.6 Å². The average Bonchev–Trinajstić information content (AvgIpc) is 2.87. The number of aliphatic hydroxyl groups excluding tert-OH is 1. The molecule has 6 heteroatoms. The molecule has 2 aliphatic heterocycles. The molecule has 1 N–H and O–H groups in total. The molecule has 0 radical (unpaired) electrons. The normalized spacial score (nSPS) is 43.9. The second kappa shape index (κ2) is 5.53. The molecule has 3 rings (SSSR count). The molecule has 6 atom stereocenters. The summed E-state index contributed by atoms with van der Waals surface area (Å²) in [5, 5.41) is 10.7. The van der Waals surface area contributed by atoms with Crippen molar-refractivity contribution >= 4 is 5.97 Å². The number of fused-ring (bicyclic) bond motifs is 1. The minimum Gasteiger partial charge on any atom is -0.458 e. The standard InChI is InChI=1S/C18H28O6/c1-10-13-14(23-17(5,6)22-13)24-18(10)11(19)8-7-9-12(18)21-15(20)16(2,3)4/h7-8,10-14,19H,9H2,1-6H3/t10?,11-,12-,13+,14-,18?/m0/s1. The van der Waals surface area contributed by atoms with Gasteiger partial charge >= 0.3 is 5.97 Å². The molecule has 0 bridgehead atoms. The van der Waals surface area contributed by atoms with E-state index in [2.05, 4.69) is 0 Å². The van der Waals surface area contributed by atoms with Crippen molar-refractivity contribution in [1.29, 1.82) is 0 Å². The van der Waals surface area contributed by atoms with Gasteiger partial charge in [0.2, 0.25) is 0 Å². The highest BCUT2D eigenvalue weighted by Crippen LogP contribution is 2.51. The van der Waals surface area contributed by atoms with Crippen LogP contribution in [0.4, 0.5) is 0 Å². The van der Waals surface area contributed by atoms with Crippen LogP contribution in [0, 0.1) is 11.3 Å². The monoisotopic (exact) mass is 340 g/mol. The van der Waals surface area contributed by atoms with Crippen LogP contribution >= 0.6 is 0 Å². The molecule has 3 aliphatic rings. The molecule has 136 valence electrons. The van der Waals surface area contributed by atoms with E-state index in [1.54, 1.807) is 26.8 Å². The maximum absolute atomic E-state index is 12.4. The van der Waals surface area contributed by atoms with Crippen molar-refractivity contribution in [2.75, 3.05) is 0 Å². The van der Waals surface area contributed by atoms with Gasteiger partial charge in [0, 0.05) is 12.3 Å². The quantitative estimate of drug-likeness (QED) is 0.582. The third-order valence-electron chi connectivity index (χ3n) is 5.11. The highest BCUT2D eigenvalue weighted by Gasteiger charge is 2.66. The fourth-order valence-corrected chi connectivity index (χ4v) is 3.76. The van der Waals surface area contributed by atoms with Crippen molar-refractivity contribution in [2.45, 2.75) is 84.0 Å². The fraction of sp³-hybridized carbons (Fsp3) is 0.833. The summed E-state index contributed by atoms with van der Waals surface area (Å²) in [6.07, 6.45) is 1.66. The first kappa shape index (κ1) is 17.9. The van der Waals surface area contributed by atoms with Crippen LogP contribution in [-0.4, -0.2) is 47.1 Å². The Labute approximate surface area is 143 Å². The molecule has 1 spiro atoms. The van der Waals surface area contributed by atoms with Gasteiger partial charge in [0.15, 0.2) is 12.1 Å². The lowest BCUT2D eigenvalue weighted by atomic mass is 9.74. The second-order valence-electron chi connectivity index (χ2n) is 8.48. The van der Waals surface area contributed by atoms with Gasteiger partial charge in [-0.3, -0.25) is 4.79 Å². The number of esters is 1. The summed E-state index contributed by atoms with van der Waals surface area (Å²) in [5.74, 6) is -1.23. The minimum atomic E-state index is -1.05. The second-order valence-corrected chi connectivity index (χ2v) is 8.48. The third kappa shape index (κ3) is 2.69. The molecule has 2 fully saturated rings. The molecule has 2 heterocycles. The predicted molar refractivity (Wildman–Crippen MR) is 85.9 cm³/mol. The van der Waals surface area contributed by atoms with E-state index >= 15 is 0 Å². The zero-order chi connectivity index (χ0) is 17.9. The summed E-state index contributed by atoms with van der Waals surface area (Å²) in [6, 6.07) is 0. The molecule has 24 heavy (non-hydrogen) atoms. The van der Waals surface area contributed by atoms with Crippen molar-refractivity contribution < 1.29 is 28.8 Å². The number of hydrogen-bond donors (Lipinski definition) is 1. The maximum Gasteiger partial charge on any atom is 0.311 e. The van der Waals surface area contributed by atoms with E-state index in [0.29, 0.717) is 6.42 Å². The van der Waals surface area contributed by atoms with Gasteiger partial charge in [-0.1, -0.05) is 19.1 Å². The van der Waals surface area contributed by atoms with Crippen LogP contribution in [-0.2, 0) is 23.7 Å². The van der Waals surface area contributed by atoms with E-state index in [0.717, 1.165) is 0 Å². The summed E-state index contributed by atoms with van der Waals surface area (Å²) in [6.45, 7) is 11.0. The smallest absolute Gasteiger partial charge is 0.311 e. The predicted octanol–water partition coefficient (Wildman–Crippen LogP) is 2.15. The number of hydrogen-bond acceptors (Lipinski definition) is 6. The van der Waals surface area contributed by atoms with Crippen LogP contribution in [0.15, 0.2) is 12.2 Å². The molecular weight excluding hydrogens is 312 g/mol. The van der Waals surface area contributed by atoms with Gasteiger partial charge in [0.05, 0.1) is 5.41 Å². The SMILES string of the molecule is CC1[C@H]2OC(C)(C)O[C@H]2OC12[C@@H](OC(=O)C(C)(C)C)CC=C[C@@H]2O. The van der Waals surface area contributed by atoms with E-state index < -0.39 is 35.3 Å². The fourth-order valence-electron chi connectivity index (χ4n) is 3.76. The Bertz CT molecular complexity index is 548. The van der Waals surface area contributed by atoms with Crippen LogP contribution in [0.3, 0.4) is 0 Å². The zero-order valence-corrected chi connectivity index (χ0v) is 15.2. The van der Waals surface area contributed by atoms with Crippen LogP contribution in [0.25, 0.3) is 0 Å². The summed E-state index contributed by atoms with van der Waals surface area (Å²) < 4.78 is 23.7. The van der Waals surface area contributed by atoms with Crippen molar-refractivity contribution in [3.63, 3.8) is 0 Å². The molecule has 0 amide bonds. The lowest BCUT2D eigenvalue weighted by Crippen LogP contribution is -2.59. The number of rotatable bonds is 1. The Morgan fingerprint density at radius 2 is 1.92 bits per heavy atom. The van der Waals surface area contributed by atoms with Gasteiger partial charge in [-0.2, -0.15) is 0 Å². The van der Waals surface area contributed by atoms with Crippen LogP contribution in [0.5, 0.6) is 0 Å². The van der Waals surface area contributed by atoms with E-state index in [-0.39, 0.29) is 18.0 Å². The van der Waals surface area contributed by atoms with Gasteiger partial charge in [-0.15, -0.1) is 0 Å². The van der Waals surface area contributed by atoms with Crippen molar-refractivity contribution in [3.05, 3.63) is 12.2 Å². The van der Waals surface area contributed by atoms with Crippen molar-refractivity contribution in [1.82, 2.24) is 0 Å². The molecule has 6 nitrogen and oxygen atoms in total. The molecular formula is C18H28O6. The first-order valence-electron chi connectivity index (χ1n) is 8.56. The summed E-state index contributed by atoms with van der Waals surface area (Å²) in [4.78, 5) is 12.4. The summed E-state index contributed by atoms with van der Waals surface area (Å²) in [5.41, 5.74) is -1.68. The van der Waals surface area contributed by atoms with Gasteiger partial charge in [0.25, 0.3) is 0 Å². The number of carbonyl (C=O) groups is 1. The van der Waals surface area contributed by atoms with Gasteiger partial charge < -0.3 is 24.1 Å². The van der Waals surface area contributed by atoms with E-state index in [1.165, 1.54) is 0 Å². The zero-order valence-electron chi connectivity index (χ0n) is 15.2. The average molecular weight is 340 g/mol. The lowest BCUT2D eigenvalue weighted by molar-refractivity contribution is -0.271. The van der Waals surface area contributed by atoms with E-state index in [1.807, 2.05) is 26.8 Å². The van der Waals surface area contributed by atoms with E-state index in [4.69, 9.17) is 18.9 Å². The molecule has 0 aromatic carbocycles. The van der Waals surface area contributed by atoms with Crippen LogP contribution < -0.4 is 0 Å². The maximum atomic E-state index is 12.4. The Hall–Kier alpha value is -0.950. The van der Waals surface area contributed by atoms with Gasteiger partial charge in [-0.25, -0.2) is 0 Å². The summed E-state index contributed by atoms with van der Waals surface area (Å²) >= 11 is 0. The van der Waals surface area contributed by atoms with Crippen molar-refractivity contribution in [3.8, 4) is 0 Å². The Kier molecular flexibility index (Phi) is 4.11. The minimum absolute atomic E-state index is 0.193. The van der Waals surface area contributed by atoms with E-state index in [9.17, 15) is 9.90 Å². The molecule has 2 saturated heterocycles. The first-order valence-corrected chi connectivity index (χ1v) is 8.56. The highest BCUT2D eigenvalue weighted by molar-refractivity contribution is 5.75. The highest BCUT2D eigenvalue weighted by atomic mass is 16.8. The molecule has 0 aromatic heterocycles. The topological polar surface area (TPSA) is 74.2 Å². The molecule has 0 saturated carbocycles. The molecule has 1 aliphatic carbocycles. The Balaban J connectivity index is 1.89. The first-order chi connectivity index (χ1) is 11.0. The summed E-state index contributed by atoms with van der Waals surface area (Å²) in [7, 11) is 0. The Morgan fingerprint density at radius 3 is 2.50 bits per heavy atom. The number of aliphatic hydroxyl groups is 1. The third-order valence-corrected chi connectivity index (χ3v) is 5.11. The number of carbonyl (C=O) groups excluding carboxylic acids is 1. The largest absolute Gasteiger partial charge is 0.458 e. The Morgan fingerprint density at radius 1 is 1.25 bits per heavy atom. The molecule has 2 unspecified atom stereocenters. The lowest BCUT2D eigenvalue weighted by Gasteiger charge is -2.45. The van der Waals surface area contributed by atoms with Gasteiger partial charge in [0.1, 0.15) is 23.9 Å². The number of ether oxygens (including phenoxy) is 4. The van der Waals surface area contributed by atoms with Crippen LogP contribution in [0.1, 0.15) is 48.0 Å². The van der Waals surface area contributed by atoms with Crippen LogP contribution in [0.2, 0.25) is 0 Å². The van der Waals surface area contributed by atoms with Crippen molar-refractivity contribution in [2.24, 2.45) is 11.3 Å².